The van der Waals surface area contributed by atoms with Crippen molar-refractivity contribution in [2.24, 2.45) is 0 Å². The summed E-state index contributed by atoms with van der Waals surface area (Å²) in [6, 6.07) is 4.74. The van der Waals surface area contributed by atoms with Crippen molar-refractivity contribution in [2.75, 3.05) is 0 Å². The van der Waals surface area contributed by atoms with E-state index in [1.807, 2.05) is 20.8 Å². The van der Waals surface area contributed by atoms with E-state index in [0.717, 1.165) is 5.56 Å². The zero-order valence-corrected chi connectivity index (χ0v) is 12.1. The summed E-state index contributed by atoms with van der Waals surface area (Å²) >= 11 is 3.47. The van der Waals surface area contributed by atoms with Crippen LogP contribution in [0.2, 0.25) is 0 Å². The molecule has 1 amide bonds. The summed E-state index contributed by atoms with van der Waals surface area (Å²) in [5.74, 6) is 0.0472. The molecule has 1 atom stereocenters. The molecule has 3 nitrogen and oxygen atoms in total. The Morgan fingerprint density at radius 2 is 2.06 bits per heavy atom. The molecular formula is C13H18BrNO2. The maximum atomic E-state index is 12.1. The molecule has 0 aromatic heterocycles. The molecule has 0 aliphatic rings. The van der Waals surface area contributed by atoms with Gasteiger partial charge >= 0.3 is 0 Å². The van der Waals surface area contributed by atoms with Crippen LogP contribution in [0.15, 0.2) is 18.2 Å². The third-order valence-corrected chi connectivity index (χ3v) is 4.03. The normalized spacial score (nSPS) is 13.2. The van der Waals surface area contributed by atoms with Crippen LogP contribution in [-0.2, 0) is 0 Å². The Morgan fingerprint density at radius 1 is 1.47 bits per heavy atom. The Balaban J connectivity index is 2.91. The lowest BCUT2D eigenvalue weighted by atomic mass is 10.00. The first-order valence-corrected chi connectivity index (χ1v) is 6.42. The first-order valence-electron chi connectivity index (χ1n) is 5.50. The maximum absolute atomic E-state index is 12.1. The molecular weight excluding hydrogens is 282 g/mol. The van der Waals surface area contributed by atoms with E-state index in [9.17, 15) is 9.90 Å². The number of aryl methyl sites for hydroxylation is 1. The Hall–Kier alpha value is -1.03. The van der Waals surface area contributed by atoms with Gasteiger partial charge in [0.15, 0.2) is 0 Å². The van der Waals surface area contributed by atoms with Crippen LogP contribution in [-0.4, -0.2) is 21.4 Å². The third-order valence-electron chi connectivity index (χ3n) is 2.88. The molecule has 2 N–H and O–H groups in total. The fourth-order valence-corrected chi connectivity index (χ4v) is 1.48. The lowest BCUT2D eigenvalue weighted by Crippen LogP contribution is -2.48. The minimum Gasteiger partial charge on any atom is -0.508 e. The molecule has 0 spiro atoms. The van der Waals surface area contributed by atoms with Crippen LogP contribution in [0.25, 0.3) is 0 Å². The molecule has 0 saturated carbocycles. The fourth-order valence-electron chi connectivity index (χ4n) is 1.36. The molecule has 0 radical (unpaired) electrons. The smallest absolute Gasteiger partial charge is 0.251 e. The van der Waals surface area contributed by atoms with E-state index in [1.165, 1.54) is 6.07 Å². The number of carbonyl (C=O) groups is 1. The molecule has 1 aromatic rings. The first kappa shape index (κ1) is 14.0. The summed E-state index contributed by atoms with van der Waals surface area (Å²) in [6.45, 7) is 7.71. The lowest BCUT2D eigenvalue weighted by Gasteiger charge is -2.29. The van der Waals surface area contributed by atoms with Gasteiger partial charge in [-0.2, -0.15) is 0 Å². The molecule has 0 saturated heterocycles. The first-order chi connectivity index (χ1) is 7.74. The van der Waals surface area contributed by atoms with Gasteiger partial charge in [-0.25, -0.2) is 0 Å². The summed E-state index contributed by atoms with van der Waals surface area (Å²) < 4.78 is 0. The number of benzene rings is 1. The number of carbonyl (C=O) groups excluding carboxylic acids is 1. The molecule has 17 heavy (non-hydrogen) atoms. The zero-order valence-electron chi connectivity index (χ0n) is 10.5. The number of phenols is 1. The van der Waals surface area contributed by atoms with Gasteiger partial charge in [0.25, 0.3) is 5.91 Å². The van der Waals surface area contributed by atoms with Crippen molar-refractivity contribution in [1.82, 2.24) is 5.32 Å². The zero-order chi connectivity index (χ0) is 13.2. The topological polar surface area (TPSA) is 49.3 Å². The third kappa shape index (κ3) is 3.46. The fraction of sp³-hybridized carbons (Fsp3) is 0.462. The number of halogens is 1. The van der Waals surface area contributed by atoms with Gasteiger partial charge in [0.2, 0.25) is 0 Å². The highest BCUT2D eigenvalue weighted by Gasteiger charge is 2.26. The van der Waals surface area contributed by atoms with Gasteiger partial charge in [-0.3, -0.25) is 4.79 Å². The van der Waals surface area contributed by atoms with Crippen LogP contribution in [0.3, 0.4) is 0 Å². The predicted octanol–water partition coefficient (Wildman–Crippen LogP) is 2.99. The molecule has 1 rings (SSSR count). The SMILES string of the molecule is Cc1cc(O)ccc1C(=O)NC(C)(C)C(C)Br. The number of rotatable bonds is 3. The van der Waals surface area contributed by atoms with Crippen LogP contribution in [0.5, 0.6) is 5.75 Å². The monoisotopic (exact) mass is 299 g/mol. The molecule has 1 unspecified atom stereocenters. The average molecular weight is 300 g/mol. The van der Waals surface area contributed by atoms with Crippen LogP contribution in [0.4, 0.5) is 0 Å². The van der Waals surface area contributed by atoms with Crippen molar-refractivity contribution in [1.29, 1.82) is 0 Å². The van der Waals surface area contributed by atoms with Crippen molar-refractivity contribution >= 4 is 21.8 Å². The minimum absolute atomic E-state index is 0.126. The van der Waals surface area contributed by atoms with Crippen LogP contribution in [0, 0.1) is 6.92 Å². The van der Waals surface area contributed by atoms with E-state index in [-0.39, 0.29) is 22.0 Å². The Bertz CT molecular complexity index is 427. The predicted molar refractivity (Wildman–Crippen MR) is 72.8 cm³/mol. The number of hydrogen-bond donors (Lipinski definition) is 2. The molecule has 0 fully saturated rings. The minimum atomic E-state index is -0.332. The number of nitrogens with one attached hydrogen (secondary N) is 1. The summed E-state index contributed by atoms with van der Waals surface area (Å²) in [7, 11) is 0. The molecule has 0 heterocycles. The van der Waals surface area contributed by atoms with E-state index in [1.54, 1.807) is 19.1 Å². The second-order valence-corrected chi connectivity index (χ2v) is 6.16. The lowest BCUT2D eigenvalue weighted by molar-refractivity contribution is 0.0913. The highest BCUT2D eigenvalue weighted by atomic mass is 79.9. The van der Waals surface area contributed by atoms with E-state index >= 15 is 0 Å². The summed E-state index contributed by atoms with van der Waals surface area (Å²) in [4.78, 5) is 12.2. The van der Waals surface area contributed by atoms with Gasteiger partial charge in [0, 0.05) is 15.9 Å². The van der Waals surface area contributed by atoms with E-state index in [4.69, 9.17) is 0 Å². The van der Waals surface area contributed by atoms with Gasteiger partial charge < -0.3 is 10.4 Å². The van der Waals surface area contributed by atoms with Crippen LogP contribution >= 0.6 is 15.9 Å². The van der Waals surface area contributed by atoms with Crippen molar-refractivity contribution in [3.63, 3.8) is 0 Å². The van der Waals surface area contributed by atoms with Gasteiger partial charge in [-0.1, -0.05) is 22.9 Å². The van der Waals surface area contributed by atoms with Gasteiger partial charge in [0.05, 0.1) is 0 Å². The molecule has 0 aliphatic carbocycles. The summed E-state index contributed by atoms with van der Waals surface area (Å²) in [5.41, 5.74) is 1.02. The van der Waals surface area contributed by atoms with E-state index in [2.05, 4.69) is 21.2 Å². The second-order valence-electron chi connectivity index (χ2n) is 4.79. The van der Waals surface area contributed by atoms with Crippen LogP contribution in [0.1, 0.15) is 36.7 Å². The summed E-state index contributed by atoms with van der Waals surface area (Å²) in [5, 5.41) is 12.3. The van der Waals surface area contributed by atoms with Crippen molar-refractivity contribution in [3.05, 3.63) is 29.3 Å². The largest absolute Gasteiger partial charge is 0.508 e. The number of amides is 1. The van der Waals surface area contributed by atoms with Crippen molar-refractivity contribution in [2.45, 2.75) is 38.1 Å². The van der Waals surface area contributed by atoms with Gasteiger partial charge in [0.1, 0.15) is 5.75 Å². The van der Waals surface area contributed by atoms with Crippen molar-refractivity contribution in [3.8, 4) is 5.75 Å². The second kappa shape index (κ2) is 5.08. The highest BCUT2D eigenvalue weighted by Crippen LogP contribution is 2.20. The summed E-state index contributed by atoms with van der Waals surface area (Å²) in [6.07, 6.45) is 0. The molecule has 1 aromatic carbocycles. The quantitative estimate of drug-likeness (QED) is 0.843. The van der Waals surface area contributed by atoms with Gasteiger partial charge in [-0.05, 0) is 44.5 Å². The van der Waals surface area contributed by atoms with E-state index < -0.39 is 0 Å². The number of alkyl halides is 1. The molecule has 0 bridgehead atoms. The molecule has 94 valence electrons. The molecule has 4 heteroatoms. The standard InChI is InChI=1S/C13H18BrNO2/c1-8-7-10(16)5-6-11(8)12(17)15-13(3,4)9(2)14/h5-7,9,16H,1-4H3,(H,15,17). The number of aromatic hydroxyl groups is 1. The number of hydrogen-bond acceptors (Lipinski definition) is 2. The Labute approximate surface area is 110 Å². The van der Waals surface area contributed by atoms with E-state index in [0.29, 0.717) is 5.56 Å². The van der Waals surface area contributed by atoms with Crippen molar-refractivity contribution < 1.29 is 9.90 Å². The number of phenolic OH excluding ortho intramolecular Hbond substituents is 1. The highest BCUT2D eigenvalue weighted by molar-refractivity contribution is 9.09. The van der Waals surface area contributed by atoms with Crippen LogP contribution < -0.4 is 5.32 Å². The Kier molecular flexibility index (Phi) is 4.20. The van der Waals surface area contributed by atoms with Gasteiger partial charge in [-0.15, -0.1) is 0 Å². The maximum Gasteiger partial charge on any atom is 0.251 e. The average Bonchev–Trinajstić information content (AvgIpc) is 2.15. The Morgan fingerprint density at radius 3 is 2.53 bits per heavy atom. The molecule has 0 aliphatic heterocycles.